The number of rotatable bonds is 6. The lowest BCUT2D eigenvalue weighted by atomic mass is 9.91. The van der Waals surface area contributed by atoms with E-state index in [0.717, 1.165) is 25.7 Å². The highest BCUT2D eigenvalue weighted by Gasteiger charge is 2.21. The molecular formula is C11H22N2O3S. The molecule has 1 aliphatic carbocycles. The Morgan fingerprint density at radius 3 is 2.53 bits per heavy atom. The highest BCUT2D eigenvalue weighted by Crippen LogP contribution is 2.25. The molecule has 0 aromatic carbocycles. The quantitative estimate of drug-likeness (QED) is 0.673. The number of hydrogen-bond donors (Lipinski definition) is 3. The predicted octanol–water partition coefficient (Wildman–Crippen LogP) is 1.42. The minimum absolute atomic E-state index is 0.108. The van der Waals surface area contributed by atoms with Crippen molar-refractivity contribution in [3.63, 3.8) is 0 Å². The molecule has 0 aromatic heterocycles. The zero-order valence-corrected chi connectivity index (χ0v) is 10.9. The van der Waals surface area contributed by atoms with Crippen LogP contribution in [0.3, 0.4) is 0 Å². The Hall–Kier alpha value is -0.620. The molecule has 1 unspecified atom stereocenters. The Kier molecular flexibility index (Phi) is 5.39. The lowest BCUT2D eigenvalue weighted by molar-refractivity contribution is -0.138. The molecule has 1 rings (SSSR count). The summed E-state index contributed by atoms with van der Waals surface area (Å²) in [6, 6.07) is -0.993. The fourth-order valence-corrected chi connectivity index (χ4v) is 4.15. The molecule has 0 spiro atoms. The Morgan fingerprint density at radius 2 is 2.00 bits per heavy atom. The Balaban J connectivity index is 2.37. The number of carbonyl (C=O) groups is 1. The van der Waals surface area contributed by atoms with Crippen LogP contribution in [0.25, 0.3) is 0 Å². The Labute approximate surface area is 103 Å². The van der Waals surface area contributed by atoms with Gasteiger partial charge in [0.2, 0.25) is 0 Å². The van der Waals surface area contributed by atoms with E-state index in [0.29, 0.717) is 11.7 Å². The first-order valence-corrected chi connectivity index (χ1v) is 8.03. The van der Waals surface area contributed by atoms with Gasteiger partial charge in [-0.25, -0.2) is 4.21 Å². The highest BCUT2D eigenvalue weighted by molar-refractivity contribution is 7.92. The minimum Gasteiger partial charge on any atom is -0.480 e. The van der Waals surface area contributed by atoms with Crippen LogP contribution in [0.2, 0.25) is 0 Å². The van der Waals surface area contributed by atoms with Gasteiger partial charge >= 0.3 is 5.97 Å². The fourth-order valence-electron chi connectivity index (χ4n) is 2.26. The second-order valence-corrected chi connectivity index (χ2v) is 7.29. The second-order valence-electron chi connectivity index (χ2n) is 4.92. The molecule has 0 amide bonds. The summed E-state index contributed by atoms with van der Waals surface area (Å²) in [5.41, 5.74) is 5.35. The first kappa shape index (κ1) is 14.4. The van der Waals surface area contributed by atoms with E-state index in [2.05, 4.69) is 0 Å². The lowest BCUT2D eigenvalue weighted by Gasteiger charge is -2.22. The van der Waals surface area contributed by atoms with Crippen LogP contribution in [-0.2, 0) is 14.5 Å². The molecule has 0 heterocycles. The van der Waals surface area contributed by atoms with E-state index in [9.17, 15) is 9.00 Å². The highest BCUT2D eigenvalue weighted by atomic mass is 32.2. The van der Waals surface area contributed by atoms with Crippen LogP contribution in [0.1, 0.15) is 38.5 Å². The molecule has 0 radical (unpaired) electrons. The summed E-state index contributed by atoms with van der Waals surface area (Å²) in [6.07, 6.45) is 5.80. The van der Waals surface area contributed by atoms with Gasteiger partial charge in [-0.1, -0.05) is 19.3 Å². The summed E-state index contributed by atoms with van der Waals surface area (Å²) >= 11 is 0. The summed E-state index contributed by atoms with van der Waals surface area (Å²) < 4.78 is 19.8. The maximum Gasteiger partial charge on any atom is 0.320 e. The molecule has 4 N–H and O–H groups in total. The summed E-state index contributed by atoms with van der Waals surface area (Å²) in [5.74, 6) is -0.177. The van der Waals surface area contributed by atoms with E-state index in [4.69, 9.17) is 15.6 Å². The van der Waals surface area contributed by atoms with Gasteiger partial charge < -0.3 is 10.8 Å². The molecule has 2 atom stereocenters. The zero-order valence-electron chi connectivity index (χ0n) is 10.1. The van der Waals surface area contributed by atoms with Crippen LogP contribution in [0.5, 0.6) is 0 Å². The van der Waals surface area contributed by atoms with Gasteiger partial charge in [-0.2, -0.15) is 0 Å². The van der Waals surface area contributed by atoms with Crippen molar-refractivity contribution in [2.45, 2.75) is 44.6 Å². The van der Waals surface area contributed by atoms with Crippen molar-refractivity contribution < 1.29 is 14.1 Å². The molecule has 6 heteroatoms. The first-order valence-electron chi connectivity index (χ1n) is 6.13. The number of carboxylic acid groups (broad SMARTS) is 1. The number of nitrogens with two attached hydrogens (primary N) is 1. The van der Waals surface area contributed by atoms with E-state index in [-0.39, 0.29) is 12.2 Å². The van der Waals surface area contributed by atoms with Crippen molar-refractivity contribution in [1.82, 2.24) is 0 Å². The van der Waals surface area contributed by atoms with Crippen molar-refractivity contribution in [3.05, 3.63) is 0 Å². The smallest absolute Gasteiger partial charge is 0.320 e. The van der Waals surface area contributed by atoms with Crippen molar-refractivity contribution in [3.8, 4) is 0 Å². The molecule has 0 bridgehead atoms. The van der Waals surface area contributed by atoms with Gasteiger partial charge in [0.1, 0.15) is 6.04 Å². The Bertz CT molecular complexity index is 348. The van der Waals surface area contributed by atoms with Crippen LogP contribution in [0, 0.1) is 10.7 Å². The molecule has 5 nitrogen and oxygen atoms in total. The summed E-state index contributed by atoms with van der Waals surface area (Å²) in [7, 11) is -2.65. The summed E-state index contributed by atoms with van der Waals surface area (Å²) in [4.78, 5) is 10.5. The van der Waals surface area contributed by atoms with E-state index in [1.165, 1.54) is 6.42 Å². The molecule has 0 saturated heterocycles. The van der Waals surface area contributed by atoms with E-state index in [1.807, 2.05) is 0 Å². The van der Waals surface area contributed by atoms with Gasteiger partial charge in [-0.05, 0) is 25.2 Å². The van der Waals surface area contributed by atoms with E-state index < -0.39 is 21.7 Å². The topological polar surface area (TPSA) is 104 Å². The van der Waals surface area contributed by atoms with E-state index in [1.54, 1.807) is 0 Å². The number of carboxylic acids is 1. The van der Waals surface area contributed by atoms with Gasteiger partial charge in [0.05, 0.1) is 0 Å². The minimum atomic E-state index is -2.65. The average Bonchev–Trinajstić information content (AvgIpc) is 2.26. The number of hydrogen-bond acceptors (Lipinski definition) is 4. The monoisotopic (exact) mass is 262 g/mol. The van der Waals surface area contributed by atoms with Crippen molar-refractivity contribution in [2.24, 2.45) is 11.7 Å². The van der Waals surface area contributed by atoms with Crippen LogP contribution < -0.4 is 5.73 Å². The number of nitrogens with one attached hydrogen (secondary N) is 1. The Morgan fingerprint density at radius 1 is 1.41 bits per heavy atom. The molecule has 0 aliphatic heterocycles. The fraction of sp³-hybridized carbons (Fsp3) is 0.909. The predicted molar refractivity (Wildman–Crippen MR) is 67.4 cm³/mol. The molecular weight excluding hydrogens is 240 g/mol. The normalized spacial score (nSPS) is 22.9. The van der Waals surface area contributed by atoms with Crippen molar-refractivity contribution in [2.75, 3.05) is 11.5 Å². The molecule has 1 aliphatic rings. The standard InChI is InChI=1S/C11H22N2O3S/c12-10(11(14)15)6-7-17(13,16)8-9-4-2-1-3-5-9/h9-10,13H,1-8,12H2,(H,14,15)/t10-,17?/m0/s1. The molecule has 1 saturated carbocycles. The lowest BCUT2D eigenvalue weighted by Crippen LogP contribution is -2.33. The third kappa shape index (κ3) is 5.50. The maximum absolute atomic E-state index is 12.0. The van der Waals surface area contributed by atoms with Gasteiger partial charge in [0, 0.05) is 21.2 Å². The summed E-state index contributed by atoms with van der Waals surface area (Å²) in [6.45, 7) is 0. The van der Waals surface area contributed by atoms with Gasteiger partial charge in [0.15, 0.2) is 0 Å². The molecule has 0 aromatic rings. The SMILES string of the molecule is N=S(=O)(CC[C@H](N)C(=O)O)CC1CCCCC1. The molecule has 17 heavy (non-hydrogen) atoms. The van der Waals surface area contributed by atoms with Gasteiger partial charge in [-0.15, -0.1) is 0 Å². The van der Waals surface area contributed by atoms with Gasteiger partial charge in [0.25, 0.3) is 0 Å². The average molecular weight is 262 g/mol. The van der Waals surface area contributed by atoms with Crippen LogP contribution in [0.4, 0.5) is 0 Å². The largest absolute Gasteiger partial charge is 0.480 e. The number of aliphatic carboxylic acids is 1. The summed E-state index contributed by atoms with van der Waals surface area (Å²) in [5, 5.41) is 8.62. The molecule has 100 valence electrons. The third-order valence-corrected chi connectivity index (χ3v) is 5.21. The third-order valence-electron chi connectivity index (χ3n) is 3.31. The van der Waals surface area contributed by atoms with E-state index >= 15 is 0 Å². The van der Waals surface area contributed by atoms with Gasteiger partial charge in [-0.3, -0.25) is 9.57 Å². The zero-order chi connectivity index (χ0) is 12.9. The first-order chi connectivity index (χ1) is 7.91. The van der Waals surface area contributed by atoms with Crippen LogP contribution in [-0.4, -0.2) is 32.8 Å². The van der Waals surface area contributed by atoms with Crippen molar-refractivity contribution >= 4 is 15.7 Å². The van der Waals surface area contributed by atoms with Crippen LogP contribution >= 0.6 is 0 Å². The van der Waals surface area contributed by atoms with Crippen molar-refractivity contribution in [1.29, 1.82) is 4.78 Å². The maximum atomic E-state index is 12.0. The second kappa shape index (κ2) is 6.35. The van der Waals surface area contributed by atoms with Crippen LogP contribution in [0.15, 0.2) is 0 Å². The molecule has 1 fully saturated rings.